The van der Waals surface area contributed by atoms with Gasteiger partial charge in [0.2, 0.25) is 0 Å². The summed E-state index contributed by atoms with van der Waals surface area (Å²) in [6, 6.07) is 5.95. The number of H-pyrrole nitrogens is 1. The number of hydrogen-bond acceptors (Lipinski definition) is 5. The van der Waals surface area contributed by atoms with Crippen LogP contribution in [-0.2, 0) is 19.5 Å². The average molecular weight is 387 g/mol. The summed E-state index contributed by atoms with van der Waals surface area (Å²) in [5, 5.41) is 10.0. The zero-order chi connectivity index (χ0) is 19.0. The van der Waals surface area contributed by atoms with Crippen LogP contribution in [0, 0.1) is 5.82 Å². The lowest BCUT2D eigenvalue weighted by Gasteiger charge is -2.28. The highest BCUT2D eigenvalue weighted by atomic mass is 35.5. The monoisotopic (exact) mass is 386 g/mol. The molecule has 1 aliphatic heterocycles. The largest absolute Gasteiger partial charge is 0.506 e. The molecule has 0 bridgehead atoms. The Labute approximate surface area is 159 Å². The Kier molecular flexibility index (Phi) is 4.63. The molecule has 0 unspecified atom stereocenters. The van der Waals surface area contributed by atoms with Crippen LogP contribution in [0.5, 0.6) is 5.75 Å². The Balaban J connectivity index is 1.60. The summed E-state index contributed by atoms with van der Waals surface area (Å²) < 4.78 is 13.6. The van der Waals surface area contributed by atoms with Gasteiger partial charge in [0.25, 0.3) is 5.56 Å². The van der Waals surface area contributed by atoms with Crippen LogP contribution in [0.3, 0.4) is 0 Å². The normalized spacial score (nSPS) is 14.1. The summed E-state index contributed by atoms with van der Waals surface area (Å²) >= 11 is 5.84. The highest BCUT2D eigenvalue weighted by Crippen LogP contribution is 2.30. The summed E-state index contributed by atoms with van der Waals surface area (Å²) in [5.74, 6) is -0.150. The summed E-state index contributed by atoms with van der Waals surface area (Å²) in [7, 11) is 0. The molecule has 1 aliphatic rings. The Morgan fingerprint density at radius 2 is 2.22 bits per heavy atom. The standard InChI is InChI=1S/C19H16ClFN4O2/c20-15-7-13(21)6-12(17(15)26)9-25-5-3-16-14(10-25)19(27)24-18(23-16)11-2-1-4-22-8-11/h1-2,4,6-8,26H,3,5,9-10H2,(H,23,24,27). The van der Waals surface area contributed by atoms with E-state index in [1.165, 1.54) is 6.07 Å². The number of phenolic OH excluding ortho intramolecular Hbond substituents is 1. The average Bonchev–Trinajstić information content (AvgIpc) is 2.67. The molecule has 0 spiro atoms. The molecule has 2 aromatic heterocycles. The van der Waals surface area contributed by atoms with E-state index in [0.29, 0.717) is 36.5 Å². The maximum absolute atomic E-state index is 13.6. The summed E-state index contributed by atoms with van der Waals surface area (Å²) in [5.41, 5.74) is 2.26. The van der Waals surface area contributed by atoms with Gasteiger partial charge in [-0.2, -0.15) is 0 Å². The highest BCUT2D eigenvalue weighted by Gasteiger charge is 2.23. The first-order valence-corrected chi connectivity index (χ1v) is 8.81. The Hall–Kier alpha value is -2.77. The molecule has 3 heterocycles. The van der Waals surface area contributed by atoms with E-state index < -0.39 is 5.82 Å². The molecular weight excluding hydrogens is 371 g/mol. The van der Waals surface area contributed by atoms with Gasteiger partial charge >= 0.3 is 0 Å². The van der Waals surface area contributed by atoms with E-state index in [9.17, 15) is 14.3 Å². The molecule has 0 atom stereocenters. The van der Waals surface area contributed by atoms with Crippen molar-refractivity contribution in [1.29, 1.82) is 0 Å². The predicted molar refractivity (Wildman–Crippen MR) is 99.0 cm³/mol. The van der Waals surface area contributed by atoms with Crippen LogP contribution in [0.1, 0.15) is 16.8 Å². The lowest BCUT2D eigenvalue weighted by atomic mass is 10.1. The lowest BCUT2D eigenvalue weighted by Crippen LogP contribution is -2.35. The number of aromatic nitrogens is 3. The van der Waals surface area contributed by atoms with Crippen LogP contribution in [0.15, 0.2) is 41.5 Å². The number of phenols is 1. The van der Waals surface area contributed by atoms with Crippen molar-refractivity contribution in [2.45, 2.75) is 19.5 Å². The van der Waals surface area contributed by atoms with E-state index in [1.807, 2.05) is 11.0 Å². The van der Waals surface area contributed by atoms with Gasteiger partial charge in [0.1, 0.15) is 17.4 Å². The number of aromatic amines is 1. The smallest absolute Gasteiger partial charge is 0.255 e. The first-order valence-electron chi connectivity index (χ1n) is 8.43. The van der Waals surface area contributed by atoms with Crippen molar-refractivity contribution in [3.63, 3.8) is 0 Å². The van der Waals surface area contributed by atoms with E-state index in [1.54, 1.807) is 18.5 Å². The molecule has 0 amide bonds. The molecule has 8 heteroatoms. The number of hydrogen-bond donors (Lipinski definition) is 2. The van der Waals surface area contributed by atoms with Crippen LogP contribution < -0.4 is 5.56 Å². The zero-order valence-electron chi connectivity index (χ0n) is 14.2. The van der Waals surface area contributed by atoms with Crippen LogP contribution in [0.2, 0.25) is 5.02 Å². The quantitative estimate of drug-likeness (QED) is 0.723. The molecular formula is C19H16ClFN4O2. The van der Waals surface area contributed by atoms with Crippen molar-refractivity contribution >= 4 is 11.6 Å². The second-order valence-electron chi connectivity index (χ2n) is 6.44. The number of halogens is 2. The molecule has 0 saturated heterocycles. The van der Waals surface area contributed by atoms with Gasteiger partial charge in [0, 0.05) is 49.6 Å². The molecule has 3 aromatic rings. The first kappa shape index (κ1) is 17.6. The van der Waals surface area contributed by atoms with Gasteiger partial charge in [-0.25, -0.2) is 9.37 Å². The lowest BCUT2D eigenvalue weighted by molar-refractivity contribution is 0.238. The topological polar surface area (TPSA) is 82.1 Å². The Morgan fingerprint density at radius 3 is 3.00 bits per heavy atom. The molecule has 0 aliphatic carbocycles. The van der Waals surface area contributed by atoms with E-state index in [0.717, 1.165) is 17.3 Å². The molecule has 6 nitrogen and oxygen atoms in total. The van der Waals surface area contributed by atoms with E-state index in [4.69, 9.17) is 11.6 Å². The highest BCUT2D eigenvalue weighted by molar-refractivity contribution is 6.32. The third kappa shape index (κ3) is 3.56. The van der Waals surface area contributed by atoms with Gasteiger partial charge in [-0.1, -0.05) is 11.6 Å². The van der Waals surface area contributed by atoms with E-state index >= 15 is 0 Å². The summed E-state index contributed by atoms with van der Waals surface area (Å²) in [4.78, 5) is 25.9. The van der Waals surface area contributed by atoms with E-state index in [2.05, 4.69) is 15.0 Å². The predicted octanol–water partition coefficient (Wildman–Crippen LogP) is 2.89. The first-order chi connectivity index (χ1) is 13.0. The second-order valence-corrected chi connectivity index (χ2v) is 6.84. The summed E-state index contributed by atoms with van der Waals surface area (Å²) in [6.07, 6.45) is 3.89. The van der Waals surface area contributed by atoms with Crippen molar-refractivity contribution in [2.24, 2.45) is 0 Å². The number of pyridine rings is 1. The van der Waals surface area contributed by atoms with Crippen molar-refractivity contribution < 1.29 is 9.50 Å². The van der Waals surface area contributed by atoms with Crippen molar-refractivity contribution in [3.8, 4) is 17.1 Å². The Bertz CT molecular complexity index is 1060. The van der Waals surface area contributed by atoms with Gasteiger partial charge in [0.05, 0.1) is 16.3 Å². The van der Waals surface area contributed by atoms with Crippen LogP contribution >= 0.6 is 11.6 Å². The zero-order valence-corrected chi connectivity index (χ0v) is 15.0. The SMILES string of the molecule is O=c1[nH]c(-c2cccnc2)nc2c1CN(Cc1cc(F)cc(Cl)c1O)CC2. The third-order valence-corrected chi connectivity index (χ3v) is 4.87. The third-order valence-electron chi connectivity index (χ3n) is 4.58. The molecule has 138 valence electrons. The molecule has 4 rings (SSSR count). The molecule has 0 saturated carbocycles. The van der Waals surface area contributed by atoms with Crippen LogP contribution in [-0.4, -0.2) is 31.5 Å². The molecule has 2 N–H and O–H groups in total. The number of nitrogens with one attached hydrogen (secondary N) is 1. The molecule has 27 heavy (non-hydrogen) atoms. The fourth-order valence-corrected chi connectivity index (χ4v) is 3.46. The van der Waals surface area contributed by atoms with Crippen LogP contribution in [0.25, 0.3) is 11.4 Å². The number of nitrogens with zero attached hydrogens (tertiary/aromatic N) is 3. The van der Waals surface area contributed by atoms with Crippen LogP contribution in [0.4, 0.5) is 4.39 Å². The van der Waals surface area contributed by atoms with Crippen molar-refractivity contribution in [1.82, 2.24) is 19.9 Å². The molecule has 0 radical (unpaired) electrons. The van der Waals surface area contributed by atoms with E-state index in [-0.39, 0.29) is 22.9 Å². The van der Waals surface area contributed by atoms with Gasteiger partial charge in [-0.05, 0) is 24.3 Å². The maximum atomic E-state index is 13.6. The minimum absolute atomic E-state index is 0.0250. The van der Waals surface area contributed by atoms with Gasteiger partial charge in [-0.15, -0.1) is 0 Å². The van der Waals surface area contributed by atoms with Gasteiger partial charge in [-0.3, -0.25) is 14.7 Å². The number of rotatable bonds is 3. The van der Waals surface area contributed by atoms with Gasteiger partial charge in [0.15, 0.2) is 0 Å². The maximum Gasteiger partial charge on any atom is 0.255 e. The summed E-state index contributed by atoms with van der Waals surface area (Å²) in [6.45, 7) is 1.27. The minimum Gasteiger partial charge on any atom is -0.506 e. The van der Waals surface area contributed by atoms with Crippen molar-refractivity contribution in [2.75, 3.05) is 6.54 Å². The van der Waals surface area contributed by atoms with Crippen molar-refractivity contribution in [3.05, 3.63) is 74.7 Å². The minimum atomic E-state index is -0.508. The molecule has 0 fully saturated rings. The number of benzene rings is 1. The fraction of sp³-hybridized carbons (Fsp3) is 0.211. The Morgan fingerprint density at radius 1 is 1.37 bits per heavy atom. The second kappa shape index (κ2) is 7.09. The molecule has 1 aromatic carbocycles. The fourth-order valence-electron chi connectivity index (χ4n) is 3.24. The number of aromatic hydroxyl groups is 1. The van der Waals surface area contributed by atoms with Gasteiger partial charge < -0.3 is 10.1 Å². The number of fused-ring (bicyclic) bond motifs is 1.